The highest BCUT2D eigenvalue weighted by atomic mass is 19.4. The molecule has 2 bridgehead atoms. The normalized spacial score (nSPS) is 27.4. The van der Waals surface area contributed by atoms with Crippen molar-refractivity contribution in [2.24, 2.45) is 5.41 Å². The second kappa shape index (κ2) is 10.5. The summed E-state index contributed by atoms with van der Waals surface area (Å²) in [4.78, 5) is 62.4. The fraction of sp³-hybridized carbons (Fsp3) is 0.594. The molecule has 3 N–H and O–H groups in total. The maximum atomic E-state index is 14.4. The summed E-state index contributed by atoms with van der Waals surface area (Å²) in [5.74, 6) is -0.656. The third-order valence-electron chi connectivity index (χ3n) is 11.0. The molecule has 13 nitrogen and oxygen atoms in total. The van der Waals surface area contributed by atoms with Gasteiger partial charge >= 0.3 is 6.18 Å². The molecule has 4 heterocycles. The highest BCUT2D eigenvalue weighted by Crippen LogP contribution is 2.73. The van der Waals surface area contributed by atoms with E-state index in [1.807, 2.05) is 11.8 Å². The number of nitrogens with zero attached hydrogens (tertiary/aromatic N) is 7. The Labute approximate surface area is 273 Å². The lowest BCUT2D eigenvalue weighted by Crippen LogP contribution is -2.78. The predicted octanol–water partition coefficient (Wildman–Crippen LogP) is 2.83. The molecule has 2 amide bonds. The van der Waals surface area contributed by atoms with Gasteiger partial charge in [-0.2, -0.15) is 13.2 Å². The Morgan fingerprint density at radius 2 is 1.79 bits per heavy atom. The van der Waals surface area contributed by atoms with E-state index in [0.29, 0.717) is 48.7 Å². The Kier molecular flexibility index (Phi) is 6.74. The maximum absolute atomic E-state index is 14.4. The zero-order valence-corrected chi connectivity index (χ0v) is 26.6. The first-order chi connectivity index (χ1) is 22.8. The smallest absolute Gasteiger partial charge is 0.394 e. The van der Waals surface area contributed by atoms with Gasteiger partial charge in [0.15, 0.2) is 22.6 Å². The van der Waals surface area contributed by atoms with Gasteiger partial charge in [-0.15, -0.1) is 0 Å². The molecule has 3 aromatic rings. The van der Waals surface area contributed by atoms with Gasteiger partial charge in [0.2, 0.25) is 11.3 Å². The van der Waals surface area contributed by atoms with Crippen molar-refractivity contribution in [3.63, 3.8) is 0 Å². The molecule has 0 unspecified atom stereocenters. The first-order valence-electron chi connectivity index (χ1n) is 16.5. The summed E-state index contributed by atoms with van der Waals surface area (Å²) in [7, 11) is 0. The number of pyridine rings is 1. The van der Waals surface area contributed by atoms with E-state index in [1.165, 1.54) is 6.33 Å². The van der Waals surface area contributed by atoms with Crippen LogP contribution in [0.25, 0.3) is 11.2 Å². The fourth-order valence-electron chi connectivity index (χ4n) is 8.29. The quantitative estimate of drug-likeness (QED) is 0.326. The highest BCUT2D eigenvalue weighted by molar-refractivity contribution is 5.95. The summed E-state index contributed by atoms with van der Waals surface area (Å²) in [6, 6.07) is -0.186. The average molecular weight is 668 g/mol. The van der Waals surface area contributed by atoms with Gasteiger partial charge in [0.05, 0.1) is 23.3 Å². The van der Waals surface area contributed by atoms with Crippen LogP contribution in [0.2, 0.25) is 0 Å². The Balaban J connectivity index is 1.13. The molecule has 9 rings (SSSR count). The lowest BCUT2D eigenvalue weighted by Gasteiger charge is -2.70. The topological polar surface area (TPSA) is 158 Å². The van der Waals surface area contributed by atoms with E-state index in [4.69, 9.17) is 0 Å². The van der Waals surface area contributed by atoms with Gasteiger partial charge in [-0.1, -0.05) is 6.92 Å². The van der Waals surface area contributed by atoms with E-state index < -0.39 is 28.9 Å². The summed E-state index contributed by atoms with van der Waals surface area (Å²) in [6.07, 6.45) is 1.86. The first kappa shape index (κ1) is 30.8. The molecule has 2 atom stereocenters. The molecule has 1 saturated heterocycles. The molecule has 254 valence electrons. The molecule has 1 aliphatic heterocycles. The largest absolute Gasteiger partial charge is 0.504 e. The average Bonchev–Trinajstić information content (AvgIpc) is 3.80. The monoisotopic (exact) mass is 667 g/mol. The Bertz CT molecular complexity index is 1910. The second-order valence-electron chi connectivity index (χ2n) is 14.1. The summed E-state index contributed by atoms with van der Waals surface area (Å²) in [5, 5.41) is 16.6. The number of hydrogen-bond donors (Lipinski definition) is 3. The fourth-order valence-corrected chi connectivity index (χ4v) is 8.29. The van der Waals surface area contributed by atoms with Crippen molar-refractivity contribution in [2.45, 2.75) is 102 Å². The van der Waals surface area contributed by atoms with Gasteiger partial charge in [0.25, 0.3) is 5.91 Å². The molecule has 16 heteroatoms. The molecule has 0 spiro atoms. The van der Waals surface area contributed by atoms with Crippen molar-refractivity contribution in [3.8, 4) is 5.75 Å². The Hall–Kier alpha value is -4.50. The lowest BCUT2D eigenvalue weighted by molar-refractivity contribution is -0.337. The lowest BCUT2D eigenvalue weighted by atomic mass is 9.39. The number of alkyl halides is 3. The van der Waals surface area contributed by atoms with Crippen LogP contribution in [-0.2, 0) is 17.8 Å². The van der Waals surface area contributed by atoms with Crippen molar-refractivity contribution in [1.29, 1.82) is 0 Å². The molecule has 6 fully saturated rings. The molecule has 5 aliphatic carbocycles. The van der Waals surface area contributed by atoms with Crippen LogP contribution in [0, 0.1) is 12.3 Å². The van der Waals surface area contributed by atoms with E-state index in [1.54, 1.807) is 22.6 Å². The maximum Gasteiger partial charge on any atom is 0.394 e. The van der Waals surface area contributed by atoms with Crippen molar-refractivity contribution in [2.75, 3.05) is 23.3 Å². The number of nitrogens with one attached hydrogen (secondary N) is 2. The molecule has 0 aromatic carbocycles. The Morgan fingerprint density at radius 1 is 1.06 bits per heavy atom. The standard InChI is InChI=1S/C32H36F3N9O4/c1-3-18-25(42-8-9-43(20-7-6-19(20)42)29(48)24-26(46)16(2)37-15-38-24)27(47)23-28(36-10-21(40-23)39-17-4-5-17)44(18)11-22(45)41-31-12-30(13-31,14-31)32(33,34)35/h10,15,17,19-20,46H,3-9,11-14H2,1-2H3,(H,39,40)(H,41,45)/t19-,20-,30?,31?/m1/s1. The summed E-state index contributed by atoms with van der Waals surface area (Å²) in [5.41, 5.74) is -1.36. The van der Waals surface area contributed by atoms with E-state index in [2.05, 4.69) is 30.6 Å². The Morgan fingerprint density at radius 3 is 2.44 bits per heavy atom. The molecular formula is C32H36F3N9O4. The minimum atomic E-state index is -4.29. The number of fused-ring (bicyclic) bond motifs is 2. The number of hydrogen-bond acceptors (Lipinski definition) is 10. The van der Waals surface area contributed by atoms with Gasteiger partial charge in [0.1, 0.15) is 24.4 Å². The number of aromatic hydroxyl groups is 1. The number of anilines is 2. The number of halogens is 3. The van der Waals surface area contributed by atoms with Crippen molar-refractivity contribution in [3.05, 3.63) is 39.8 Å². The molecule has 5 saturated carbocycles. The highest BCUT2D eigenvalue weighted by Gasteiger charge is 2.79. The summed E-state index contributed by atoms with van der Waals surface area (Å²) < 4.78 is 42.1. The van der Waals surface area contributed by atoms with Crippen molar-refractivity contribution in [1.82, 2.24) is 34.7 Å². The first-order valence-corrected chi connectivity index (χ1v) is 16.5. The SMILES string of the molecule is CCc1c(N2CCN(C(=O)c3ncnc(C)c3O)[C@@H]3CC[C@H]32)c(=O)c2nc(NC3CC3)cnc2n1CC(=O)NC12CC(C(F)(F)F)(C1)C2. The van der Waals surface area contributed by atoms with E-state index in [-0.39, 0.29) is 78.5 Å². The van der Waals surface area contributed by atoms with Crippen LogP contribution in [0.5, 0.6) is 5.75 Å². The van der Waals surface area contributed by atoms with Crippen LogP contribution in [0.3, 0.4) is 0 Å². The van der Waals surface area contributed by atoms with E-state index >= 15 is 0 Å². The summed E-state index contributed by atoms with van der Waals surface area (Å²) in [6.45, 7) is 3.81. The van der Waals surface area contributed by atoms with E-state index in [0.717, 1.165) is 12.8 Å². The van der Waals surface area contributed by atoms with Crippen LogP contribution in [0.4, 0.5) is 24.7 Å². The van der Waals surface area contributed by atoms with Gasteiger partial charge in [-0.05, 0) is 58.3 Å². The van der Waals surface area contributed by atoms with Gasteiger partial charge in [0, 0.05) is 36.4 Å². The molecule has 3 aromatic heterocycles. The number of aryl methyl sites for hydroxylation is 1. The number of carbonyl (C=O) groups excluding carboxylic acids is 2. The molecule has 48 heavy (non-hydrogen) atoms. The number of rotatable bonds is 8. The molecule has 0 radical (unpaired) electrons. The zero-order valence-electron chi connectivity index (χ0n) is 26.6. The van der Waals surface area contributed by atoms with Gasteiger partial charge in [-0.25, -0.2) is 19.9 Å². The van der Waals surface area contributed by atoms with Crippen molar-refractivity contribution < 1.29 is 27.9 Å². The minimum Gasteiger partial charge on any atom is -0.504 e. The third-order valence-corrected chi connectivity index (χ3v) is 11.0. The van der Waals surface area contributed by atoms with Crippen LogP contribution < -0.4 is 21.0 Å². The second-order valence-corrected chi connectivity index (χ2v) is 14.1. The third kappa shape index (κ3) is 4.61. The molecular weight excluding hydrogens is 631 g/mol. The van der Waals surface area contributed by atoms with E-state index in [9.17, 15) is 32.7 Å². The van der Waals surface area contributed by atoms with Crippen molar-refractivity contribution >= 4 is 34.5 Å². The predicted molar refractivity (Wildman–Crippen MR) is 167 cm³/mol. The summed E-state index contributed by atoms with van der Waals surface area (Å²) >= 11 is 0. The van der Waals surface area contributed by atoms with Gasteiger partial charge in [-0.3, -0.25) is 14.4 Å². The van der Waals surface area contributed by atoms with Crippen LogP contribution in [0.15, 0.2) is 17.3 Å². The number of piperazine rings is 1. The minimum absolute atomic E-state index is 0.0641. The number of aromatic nitrogens is 5. The van der Waals surface area contributed by atoms with Gasteiger partial charge < -0.3 is 30.1 Å². The van der Waals surface area contributed by atoms with Crippen LogP contribution in [0.1, 0.15) is 73.7 Å². The number of amides is 2. The van der Waals surface area contributed by atoms with Crippen LogP contribution >= 0.6 is 0 Å². The number of carbonyl (C=O) groups is 2. The zero-order chi connectivity index (χ0) is 33.7. The van der Waals surface area contributed by atoms with Crippen LogP contribution in [-0.4, -0.2) is 89.3 Å². The molecule has 6 aliphatic rings.